The number of carbonyl (C=O) groups excluding carboxylic acids is 1. The molecule has 4 nitrogen and oxygen atoms in total. The summed E-state index contributed by atoms with van der Waals surface area (Å²) in [6, 6.07) is 11.6. The van der Waals surface area contributed by atoms with E-state index in [1.807, 2.05) is 43.3 Å². The average Bonchev–Trinajstić information content (AvgIpc) is 2.54. The molecule has 128 valence electrons. The summed E-state index contributed by atoms with van der Waals surface area (Å²) < 4.78 is 11.7. The maximum Gasteiger partial charge on any atom is 0.262 e. The summed E-state index contributed by atoms with van der Waals surface area (Å²) in [7, 11) is 1.58. The van der Waals surface area contributed by atoms with Crippen molar-refractivity contribution in [3.63, 3.8) is 0 Å². The Kier molecular flexibility index (Phi) is 6.67. The molecule has 0 radical (unpaired) electrons. The largest absolute Gasteiger partial charge is 0.495 e. The topological polar surface area (TPSA) is 47.6 Å². The van der Waals surface area contributed by atoms with Gasteiger partial charge in [0.2, 0.25) is 0 Å². The van der Waals surface area contributed by atoms with Gasteiger partial charge >= 0.3 is 0 Å². The van der Waals surface area contributed by atoms with Crippen LogP contribution in [0.15, 0.2) is 40.9 Å². The number of amides is 1. The zero-order valence-electron chi connectivity index (χ0n) is 14.2. The first-order valence-electron chi connectivity index (χ1n) is 7.89. The Labute approximate surface area is 151 Å². The Morgan fingerprint density at radius 2 is 1.92 bits per heavy atom. The van der Waals surface area contributed by atoms with Crippen molar-refractivity contribution in [3.05, 3.63) is 52.0 Å². The first-order chi connectivity index (χ1) is 11.5. The van der Waals surface area contributed by atoms with Crippen LogP contribution < -0.4 is 14.8 Å². The van der Waals surface area contributed by atoms with E-state index >= 15 is 0 Å². The third kappa shape index (κ3) is 4.99. The van der Waals surface area contributed by atoms with Crippen LogP contribution in [0.25, 0.3) is 0 Å². The maximum absolute atomic E-state index is 12.1. The van der Waals surface area contributed by atoms with Gasteiger partial charge in [-0.05, 0) is 64.7 Å². The number of rotatable bonds is 7. The van der Waals surface area contributed by atoms with Crippen LogP contribution in [-0.2, 0) is 11.2 Å². The molecule has 1 amide bonds. The fraction of sp³-hybridized carbons (Fsp3) is 0.316. The molecule has 1 N–H and O–H groups in total. The normalized spacial score (nSPS) is 10.3. The third-order valence-corrected chi connectivity index (χ3v) is 4.14. The first kappa shape index (κ1) is 18.3. The van der Waals surface area contributed by atoms with E-state index < -0.39 is 0 Å². The third-order valence-electron chi connectivity index (χ3n) is 3.52. The molecule has 0 aliphatic rings. The molecule has 0 saturated carbocycles. The summed E-state index contributed by atoms with van der Waals surface area (Å²) in [5.41, 5.74) is 2.93. The SMILES string of the molecule is CCCc1ccc(OCC(=O)Nc2cc(C)ccc2OC)c(Br)c1. The quantitative estimate of drug-likeness (QED) is 0.741. The van der Waals surface area contributed by atoms with Gasteiger partial charge in [0.25, 0.3) is 5.91 Å². The highest BCUT2D eigenvalue weighted by atomic mass is 79.9. The highest BCUT2D eigenvalue weighted by Gasteiger charge is 2.10. The molecule has 0 aliphatic heterocycles. The molecule has 5 heteroatoms. The number of ether oxygens (including phenoxy) is 2. The average molecular weight is 392 g/mol. The van der Waals surface area contributed by atoms with Gasteiger partial charge in [-0.3, -0.25) is 4.79 Å². The van der Waals surface area contributed by atoms with Gasteiger partial charge in [0.1, 0.15) is 11.5 Å². The van der Waals surface area contributed by atoms with Crippen molar-refractivity contribution in [3.8, 4) is 11.5 Å². The fourth-order valence-corrected chi connectivity index (χ4v) is 2.90. The highest BCUT2D eigenvalue weighted by Crippen LogP contribution is 2.27. The van der Waals surface area contributed by atoms with E-state index in [-0.39, 0.29) is 12.5 Å². The second kappa shape index (κ2) is 8.73. The van der Waals surface area contributed by atoms with E-state index in [9.17, 15) is 4.79 Å². The Morgan fingerprint density at radius 1 is 1.17 bits per heavy atom. The Morgan fingerprint density at radius 3 is 2.58 bits per heavy atom. The standard InChI is InChI=1S/C19H22BrNO3/c1-4-5-14-7-9-17(15(20)11-14)24-12-19(22)21-16-10-13(2)6-8-18(16)23-3/h6-11H,4-5,12H2,1-3H3,(H,21,22). The van der Waals surface area contributed by atoms with Gasteiger partial charge in [0, 0.05) is 0 Å². The number of anilines is 1. The zero-order chi connectivity index (χ0) is 17.5. The van der Waals surface area contributed by atoms with Crippen molar-refractivity contribution in [2.24, 2.45) is 0 Å². The van der Waals surface area contributed by atoms with E-state index in [2.05, 4.69) is 28.2 Å². The van der Waals surface area contributed by atoms with Crippen LogP contribution in [0, 0.1) is 6.92 Å². The van der Waals surface area contributed by atoms with Gasteiger partial charge in [0.05, 0.1) is 17.3 Å². The second-order valence-electron chi connectivity index (χ2n) is 5.56. The van der Waals surface area contributed by atoms with Crippen molar-refractivity contribution in [2.45, 2.75) is 26.7 Å². The van der Waals surface area contributed by atoms with Gasteiger partial charge in [-0.25, -0.2) is 0 Å². The van der Waals surface area contributed by atoms with Gasteiger partial charge in [-0.1, -0.05) is 25.5 Å². The van der Waals surface area contributed by atoms with Crippen LogP contribution in [-0.4, -0.2) is 19.6 Å². The van der Waals surface area contributed by atoms with Crippen LogP contribution in [0.4, 0.5) is 5.69 Å². The second-order valence-corrected chi connectivity index (χ2v) is 6.41. The van der Waals surface area contributed by atoms with E-state index in [0.29, 0.717) is 17.2 Å². The minimum Gasteiger partial charge on any atom is -0.495 e. The number of carbonyl (C=O) groups is 1. The minimum atomic E-state index is -0.233. The number of aryl methyl sites for hydroxylation is 2. The van der Waals surface area contributed by atoms with Crippen LogP contribution >= 0.6 is 15.9 Å². The summed E-state index contributed by atoms with van der Waals surface area (Å²) in [4.78, 5) is 12.1. The van der Waals surface area contributed by atoms with E-state index in [4.69, 9.17) is 9.47 Å². The number of nitrogens with one attached hydrogen (secondary N) is 1. The lowest BCUT2D eigenvalue weighted by atomic mass is 10.1. The molecule has 0 bridgehead atoms. The van der Waals surface area contributed by atoms with Gasteiger partial charge in [-0.15, -0.1) is 0 Å². The highest BCUT2D eigenvalue weighted by molar-refractivity contribution is 9.10. The van der Waals surface area contributed by atoms with Crippen molar-refractivity contribution in [2.75, 3.05) is 19.0 Å². The molecule has 0 fully saturated rings. The van der Waals surface area contributed by atoms with Crippen molar-refractivity contribution in [1.29, 1.82) is 0 Å². The van der Waals surface area contributed by atoms with E-state index in [0.717, 1.165) is 22.9 Å². The minimum absolute atomic E-state index is 0.0666. The Bertz CT molecular complexity index is 716. The van der Waals surface area contributed by atoms with Crippen LogP contribution in [0.3, 0.4) is 0 Å². The molecular weight excluding hydrogens is 370 g/mol. The predicted octanol–water partition coefficient (Wildman–Crippen LogP) is 4.74. The van der Waals surface area contributed by atoms with Gasteiger partial charge < -0.3 is 14.8 Å². The maximum atomic E-state index is 12.1. The summed E-state index contributed by atoms with van der Waals surface area (Å²) in [6.45, 7) is 4.03. The Hall–Kier alpha value is -2.01. The van der Waals surface area contributed by atoms with Crippen molar-refractivity contribution >= 4 is 27.5 Å². The fourth-order valence-electron chi connectivity index (χ4n) is 2.35. The molecule has 2 aromatic rings. The lowest BCUT2D eigenvalue weighted by molar-refractivity contribution is -0.118. The smallest absolute Gasteiger partial charge is 0.262 e. The molecule has 0 aliphatic carbocycles. The lowest BCUT2D eigenvalue weighted by Gasteiger charge is -2.12. The van der Waals surface area contributed by atoms with E-state index in [1.165, 1.54) is 5.56 Å². The first-order valence-corrected chi connectivity index (χ1v) is 8.68. The van der Waals surface area contributed by atoms with Gasteiger partial charge in [0.15, 0.2) is 6.61 Å². The molecule has 2 rings (SSSR count). The van der Waals surface area contributed by atoms with Crippen LogP contribution in [0.2, 0.25) is 0 Å². The molecule has 0 saturated heterocycles. The number of methoxy groups -OCH3 is 1. The number of benzene rings is 2. The number of hydrogen-bond donors (Lipinski definition) is 1. The zero-order valence-corrected chi connectivity index (χ0v) is 15.8. The lowest BCUT2D eigenvalue weighted by Crippen LogP contribution is -2.20. The monoisotopic (exact) mass is 391 g/mol. The molecule has 2 aromatic carbocycles. The summed E-state index contributed by atoms with van der Waals surface area (Å²) in [6.07, 6.45) is 2.11. The van der Waals surface area contributed by atoms with Crippen LogP contribution in [0.5, 0.6) is 11.5 Å². The molecule has 0 heterocycles. The van der Waals surface area contributed by atoms with Crippen LogP contribution in [0.1, 0.15) is 24.5 Å². The number of halogens is 1. The van der Waals surface area contributed by atoms with E-state index in [1.54, 1.807) is 7.11 Å². The Balaban J connectivity index is 1.97. The molecular formula is C19H22BrNO3. The molecule has 0 spiro atoms. The number of hydrogen-bond acceptors (Lipinski definition) is 3. The van der Waals surface area contributed by atoms with Crippen molar-refractivity contribution in [1.82, 2.24) is 0 Å². The predicted molar refractivity (Wildman–Crippen MR) is 100.0 cm³/mol. The summed E-state index contributed by atoms with van der Waals surface area (Å²) in [5.74, 6) is 1.05. The summed E-state index contributed by atoms with van der Waals surface area (Å²) >= 11 is 3.49. The molecule has 0 unspecified atom stereocenters. The molecule has 0 atom stereocenters. The molecule has 0 aromatic heterocycles. The van der Waals surface area contributed by atoms with Crippen molar-refractivity contribution < 1.29 is 14.3 Å². The summed E-state index contributed by atoms with van der Waals surface area (Å²) in [5, 5.41) is 2.82. The van der Waals surface area contributed by atoms with Gasteiger partial charge in [-0.2, -0.15) is 0 Å². The molecule has 24 heavy (non-hydrogen) atoms.